The predicted molar refractivity (Wildman–Crippen MR) is 72.2 cm³/mol. The van der Waals surface area contributed by atoms with E-state index in [-0.39, 0.29) is 5.69 Å². The molecule has 0 amide bonds. The van der Waals surface area contributed by atoms with Crippen LogP contribution in [0.4, 0.5) is 17.1 Å². The van der Waals surface area contributed by atoms with Gasteiger partial charge in [-0.1, -0.05) is 6.92 Å². The van der Waals surface area contributed by atoms with E-state index in [9.17, 15) is 10.1 Å². The molecule has 0 radical (unpaired) electrons. The smallest absolute Gasteiger partial charge is 0.273 e. The standard InChI is InChI=1S/C12H19N3O3/c1-9(8-18-3)7-14-11-4-10(13-2)5-12(6-11)15(16)17/h4-6,9,13-14H,7-8H2,1-3H3. The summed E-state index contributed by atoms with van der Waals surface area (Å²) in [6, 6.07) is 4.87. The summed E-state index contributed by atoms with van der Waals surface area (Å²) >= 11 is 0. The minimum atomic E-state index is -0.398. The van der Waals surface area contributed by atoms with E-state index < -0.39 is 4.92 Å². The Morgan fingerprint density at radius 1 is 1.39 bits per heavy atom. The van der Waals surface area contributed by atoms with E-state index in [2.05, 4.69) is 10.6 Å². The van der Waals surface area contributed by atoms with Crippen molar-refractivity contribution in [1.82, 2.24) is 0 Å². The summed E-state index contributed by atoms with van der Waals surface area (Å²) in [7, 11) is 3.39. The van der Waals surface area contributed by atoms with E-state index in [1.165, 1.54) is 12.1 Å². The molecule has 0 aliphatic carbocycles. The van der Waals surface area contributed by atoms with E-state index in [1.54, 1.807) is 14.2 Å². The summed E-state index contributed by atoms with van der Waals surface area (Å²) in [6.07, 6.45) is 0. The lowest BCUT2D eigenvalue weighted by molar-refractivity contribution is -0.384. The lowest BCUT2D eigenvalue weighted by Crippen LogP contribution is -2.15. The first-order chi connectivity index (χ1) is 8.56. The van der Waals surface area contributed by atoms with Crippen molar-refractivity contribution in [3.63, 3.8) is 0 Å². The zero-order valence-corrected chi connectivity index (χ0v) is 10.9. The molecule has 0 spiro atoms. The van der Waals surface area contributed by atoms with Crippen molar-refractivity contribution >= 4 is 17.1 Å². The Morgan fingerprint density at radius 3 is 2.61 bits per heavy atom. The monoisotopic (exact) mass is 253 g/mol. The topological polar surface area (TPSA) is 76.4 Å². The quantitative estimate of drug-likeness (QED) is 0.576. The normalized spacial score (nSPS) is 11.9. The van der Waals surface area contributed by atoms with Crippen LogP contribution in [0.1, 0.15) is 6.92 Å². The van der Waals surface area contributed by atoms with E-state index in [0.29, 0.717) is 24.8 Å². The van der Waals surface area contributed by atoms with Crippen LogP contribution in [0.15, 0.2) is 18.2 Å². The van der Waals surface area contributed by atoms with Crippen molar-refractivity contribution in [2.24, 2.45) is 5.92 Å². The molecular weight excluding hydrogens is 234 g/mol. The molecule has 1 rings (SSSR count). The van der Waals surface area contributed by atoms with E-state index in [1.807, 2.05) is 13.0 Å². The Hall–Kier alpha value is -1.82. The highest BCUT2D eigenvalue weighted by molar-refractivity contribution is 5.63. The SMILES string of the molecule is CNc1cc(NCC(C)COC)cc([N+](=O)[O-])c1. The van der Waals surface area contributed by atoms with Crippen molar-refractivity contribution in [3.8, 4) is 0 Å². The highest BCUT2D eigenvalue weighted by atomic mass is 16.6. The number of methoxy groups -OCH3 is 1. The molecule has 0 fully saturated rings. The molecule has 0 saturated heterocycles. The maximum atomic E-state index is 10.8. The maximum Gasteiger partial charge on any atom is 0.273 e. The molecule has 1 aromatic rings. The zero-order valence-electron chi connectivity index (χ0n) is 10.9. The number of ether oxygens (including phenoxy) is 1. The highest BCUT2D eigenvalue weighted by Gasteiger charge is 2.09. The second kappa shape index (κ2) is 6.80. The number of nitro benzene ring substituents is 1. The van der Waals surface area contributed by atoms with Crippen LogP contribution in [0.5, 0.6) is 0 Å². The number of hydrogen-bond donors (Lipinski definition) is 2. The summed E-state index contributed by atoms with van der Waals surface area (Å²) in [5, 5.41) is 16.9. The fourth-order valence-electron chi connectivity index (χ4n) is 1.60. The van der Waals surface area contributed by atoms with Crippen molar-refractivity contribution in [2.75, 3.05) is 37.9 Å². The first-order valence-electron chi connectivity index (χ1n) is 5.77. The fourth-order valence-corrected chi connectivity index (χ4v) is 1.60. The first-order valence-corrected chi connectivity index (χ1v) is 5.77. The number of nitrogens with one attached hydrogen (secondary N) is 2. The number of anilines is 2. The molecule has 1 aromatic carbocycles. The number of benzene rings is 1. The van der Waals surface area contributed by atoms with Crippen LogP contribution in [0, 0.1) is 16.0 Å². The van der Waals surface area contributed by atoms with Crippen molar-refractivity contribution in [2.45, 2.75) is 6.92 Å². The summed E-state index contributed by atoms with van der Waals surface area (Å²) in [4.78, 5) is 10.4. The van der Waals surface area contributed by atoms with Gasteiger partial charge in [-0.05, 0) is 12.0 Å². The Morgan fingerprint density at radius 2 is 2.06 bits per heavy atom. The zero-order chi connectivity index (χ0) is 13.5. The van der Waals surface area contributed by atoms with Crippen LogP contribution in [0.3, 0.4) is 0 Å². The molecular formula is C12H19N3O3. The van der Waals surface area contributed by atoms with Gasteiger partial charge in [0.1, 0.15) is 0 Å². The van der Waals surface area contributed by atoms with E-state index in [4.69, 9.17) is 4.74 Å². The number of nitro groups is 1. The number of nitrogens with zero attached hydrogens (tertiary/aromatic N) is 1. The van der Waals surface area contributed by atoms with Gasteiger partial charge in [0.25, 0.3) is 5.69 Å². The third-order valence-electron chi connectivity index (χ3n) is 2.52. The third kappa shape index (κ3) is 4.21. The largest absolute Gasteiger partial charge is 0.388 e. The van der Waals surface area contributed by atoms with Crippen LogP contribution in [-0.2, 0) is 4.74 Å². The van der Waals surface area contributed by atoms with Gasteiger partial charge < -0.3 is 15.4 Å². The van der Waals surface area contributed by atoms with E-state index in [0.717, 1.165) is 5.69 Å². The minimum Gasteiger partial charge on any atom is -0.388 e. The van der Waals surface area contributed by atoms with Crippen molar-refractivity contribution in [3.05, 3.63) is 28.3 Å². The molecule has 0 saturated carbocycles. The summed E-state index contributed by atoms with van der Waals surface area (Å²) < 4.78 is 5.04. The van der Waals surface area contributed by atoms with Gasteiger partial charge in [-0.25, -0.2) is 0 Å². The molecule has 0 aliphatic rings. The average molecular weight is 253 g/mol. The lowest BCUT2D eigenvalue weighted by Gasteiger charge is -2.13. The fraction of sp³-hybridized carbons (Fsp3) is 0.500. The second-order valence-electron chi connectivity index (χ2n) is 4.22. The summed E-state index contributed by atoms with van der Waals surface area (Å²) in [6.45, 7) is 3.41. The van der Waals surface area contributed by atoms with Gasteiger partial charge in [0.05, 0.1) is 11.5 Å². The number of non-ortho nitro benzene ring substituents is 1. The highest BCUT2D eigenvalue weighted by Crippen LogP contribution is 2.24. The number of hydrogen-bond acceptors (Lipinski definition) is 5. The van der Waals surface area contributed by atoms with Crippen molar-refractivity contribution < 1.29 is 9.66 Å². The maximum absolute atomic E-state index is 10.8. The van der Waals surface area contributed by atoms with Crippen LogP contribution in [0.25, 0.3) is 0 Å². The molecule has 0 bridgehead atoms. The van der Waals surface area contributed by atoms with Crippen LogP contribution in [0.2, 0.25) is 0 Å². The minimum absolute atomic E-state index is 0.0729. The van der Waals surface area contributed by atoms with Gasteiger partial charge in [0, 0.05) is 44.2 Å². The van der Waals surface area contributed by atoms with Gasteiger partial charge in [0.15, 0.2) is 0 Å². The summed E-state index contributed by atoms with van der Waals surface area (Å²) in [5.41, 5.74) is 1.52. The molecule has 1 unspecified atom stereocenters. The Bertz CT molecular complexity index is 410. The van der Waals surface area contributed by atoms with E-state index >= 15 is 0 Å². The first kappa shape index (κ1) is 14.2. The average Bonchev–Trinajstić information content (AvgIpc) is 2.36. The molecule has 0 aliphatic heterocycles. The molecule has 6 nitrogen and oxygen atoms in total. The lowest BCUT2D eigenvalue weighted by atomic mass is 10.2. The predicted octanol–water partition coefficient (Wildman–Crippen LogP) is 2.33. The van der Waals surface area contributed by atoms with Crippen LogP contribution in [-0.4, -0.2) is 32.2 Å². The molecule has 0 heterocycles. The molecule has 2 N–H and O–H groups in total. The molecule has 1 atom stereocenters. The second-order valence-corrected chi connectivity index (χ2v) is 4.22. The molecule has 18 heavy (non-hydrogen) atoms. The van der Waals surface area contributed by atoms with Gasteiger partial charge in [-0.2, -0.15) is 0 Å². The van der Waals surface area contributed by atoms with Gasteiger partial charge in [-0.3, -0.25) is 10.1 Å². The molecule has 100 valence electrons. The Balaban J connectivity index is 2.75. The number of rotatable bonds is 7. The van der Waals surface area contributed by atoms with Gasteiger partial charge in [0.2, 0.25) is 0 Å². The van der Waals surface area contributed by atoms with Crippen molar-refractivity contribution in [1.29, 1.82) is 0 Å². The van der Waals surface area contributed by atoms with Crippen LogP contribution >= 0.6 is 0 Å². The Labute approximate surface area is 106 Å². The van der Waals surface area contributed by atoms with Gasteiger partial charge >= 0.3 is 0 Å². The van der Waals surface area contributed by atoms with Gasteiger partial charge in [-0.15, -0.1) is 0 Å². The third-order valence-corrected chi connectivity index (χ3v) is 2.52. The summed E-state index contributed by atoms with van der Waals surface area (Å²) in [5.74, 6) is 0.340. The Kier molecular flexibility index (Phi) is 5.38. The molecule has 0 aromatic heterocycles. The molecule has 6 heteroatoms. The van der Waals surface area contributed by atoms with Crippen LogP contribution < -0.4 is 10.6 Å².